The number of urea groups is 1. The highest BCUT2D eigenvalue weighted by atomic mass is 35.5. The molecule has 0 heterocycles. The van der Waals surface area contributed by atoms with Crippen molar-refractivity contribution in [3.8, 4) is 0 Å². The summed E-state index contributed by atoms with van der Waals surface area (Å²) >= 11 is 5.91. The molecule has 0 aliphatic heterocycles. The van der Waals surface area contributed by atoms with Gasteiger partial charge in [-0.3, -0.25) is 0 Å². The fourth-order valence-electron chi connectivity index (χ4n) is 2.58. The Kier molecular flexibility index (Phi) is 6.64. The van der Waals surface area contributed by atoms with E-state index < -0.39 is 6.10 Å². The molecule has 0 aliphatic carbocycles. The summed E-state index contributed by atoms with van der Waals surface area (Å²) in [5.74, 6) is 0. The van der Waals surface area contributed by atoms with Crippen LogP contribution in [0.25, 0.3) is 0 Å². The number of carbonyl (C=O) groups is 1. The van der Waals surface area contributed by atoms with Crippen LogP contribution in [0.5, 0.6) is 0 Å². The van der Waals surface area contributed by atoms with Crippen LogP contribution >= 0.6 is 11.6 Å². The molecule has 2 rings (SSSR count). The third-order valence-electron chi connectivity index (χ3n) is 3.93. The lowest BCUT2D eigenvalue weighted by molar-refractivity contribution is 0.175. The van der Waals surface area contributed by atoms with E-state index in [1.807, 2.05) is 18.2 Å². The van der Waals surface area contributed by atoms with E-state index in [2.05, 4.69) is 24.5 Å². The van der Waals surface area contributed by atoms with Gasteiger partial charge in [-0.05, 0) is 41.7 Å². The van der Waals surface area contributed by atoms with Gasteiger partial charge in [0.15, 0.2) is 0 Å². The summed E-state index contributed by atoms with van der Waals surface area (Å²) in [5, 5.41) is 16.3. The SMILES string of the molecule is CCc1cccc(CC)c1NC(=O)NCC(O)c1cccc(Cl)c1. The summed E-state index contributed by atoms with van der Waals surface area (Å²) in [7, 11) is 0. The predicted molar refractivity (Wildman–Crippen MR) is 98.6 cm³/mol. The van der Waals surface area contributed by atoms with Gasteiger partial charge < -0.3 is 15.7 Å². The molecule has 0 aliphatic rings. The number of aliphatic hydroxyl groups excluding tert-OH is 1. The van der Waals surface area contributed by atoms with E-state index in [4.69, 9.17) is 11.6 Å². The molecule has 0 spiro atoms. The number of carbonyl (C=O) groups excluding carboxylic acids is 1. The number of benzene rings is 2. The molecule has 0 aromatic heterocycles. The molecule has 0 bridgehead atoms. The summed E-state index contributed by atoms with van der Waals surface area (Å²) in [6, 6.07) is 12.7. The standard InChI is InChI=1S/C19H23ClN2O2/c1-3-13-7-5-8-14(4-2)18(13)22-19(24)21-12-17(23)15-9-6-10-16(20)11-15/h5-11,17,23H,3-4,12H2,1-2H3,(H2,21,22,24). The van der Waals surface area contributed by atoms with E-state index in [-0.39, 0.29) is 12.6 Å². The molecule has 1 unspecified atom stereocenters. The Morgan fingerprint density at radius 2 is 1.75 bits per heavy atom. The van der Waals surface area contributed by atoms with Crippen molar-refractivity contribution in [1.82, 2.24) is 5.32 Å². The molecule has 0 saturated heterocycles. The van der Waals surface area contributed by atoms with E-state index in [9.17, 15) is 9.90 Å². The van der Waals surface area contributed by atoms with Crippen LogP contribution < -0.4 is 10.6 Å². The normalized spacial score (nSPS) is 11.8. The zero-order valence-corrected chi connectivity index (χ0v) is 14.7. The van der Waals surface area contributed by atoms with Crippen molar-refractivity contribution in [1.29, 1.82) is 0 Å². The third-order valence-corrected chi connectivity index (χ3v) is 4.16. The number of anilines is 1. The number of rotatable bonds is 6. The molecule has 24 heavy (non-hydrogen) atoms. The number of hydrogen-bond acceptors (Lipinski definition) is 2. The number of halogens is 1. The monoisotopic (exact) mass is 346 g/mol. The van der Waals surface area contributed by atoms with Gasteiger partial charge in [-0.25, -0.2) is 4.79 Å². The Labute approximate surface area is 147 Å². The van der Waals surface area contributed by atoms with Crippen LogP contribution in [0.1, 0.15) is 36.6 Å². The largest absolute Gasteiger partial charge is 0.387 e. The second kappa shape index (κ2) is 8.71. The van der Waals surface area contributed by atoms with E-state index in [0.29, 0.717) is 10.6 Å². The van der Waals surface area contributed by atoms with Gasteiger partial charge in [0, 0.05) is 17.3 Å². The summed E-state index contributed by atoms with van der Waals surface area (Å²) in [6.45, 7) is 4.23. The van der Waals surface area contributed by atoms with E-state index in [1.54, 1.807) is 24.3 Å². The molecule has 2 aromatic rings. The lowest BCUT2D eigenvalue weighted by atomic mass is 10.0. The van der Waals surface area contributed by atoms with E-state index in [1.165, 1.54) is 0 Å². The molecular weight excluding hydrogens is 324 g/mol. The zero-order valence-electron chi connectivity index (χ0n) is 14.0. The molecule has 1 atom stereocenters. The van der Waals surface area contributed by atoms with Gasteiger partial charge in [0.2, 0.25) is 0 Å². The minimum atomic E-state index is -0.804. The number of aryl methyl sites for hydroxylation is 2. The van der Waals surface area contributed by atoms with Crippen molar-refractivity contribution < 1.29 is 9.90 Å². The van der Waals surface area contributed by atoms with Gasteiger partial charge in [-0.1, -0.05) is 55.8 Å². The molecular formula is C19H23ClN2O2. The minimum Gasteiger partial charge on any atom is -0.387 e. The van der Waals surface area contributed by atoms with Crippen LogP contribution in [0, 0.1) is 0 Å². The highest BCUT2D eigenvalue weighted by Gasteiger charge is 2.12. The van der Waals surface area contributed by atoms with Crippen LogP contribution in [0.15, 0.2) is 42.5 Å². The van der Waals surface area contributed by atoms with Crippen molar-refractivity contribution in [2.75, 3.05) is 11.9 Å². The summed E-state index contributed by atoms with van der Waals surface area (Å²) < 4.78 is 0. The first-order valence-electron chi connectivity index (χ1n) is 8.14. The lowest BCUT2D eigenvalue weighted by Crippen LogP contribution is -2.33. The average molecular weight is 347 g/mol. The van der Waals surface area contributed by atoms with Gasteiger partial charge in [-0.15, -0.1) is 0 Å². The number of nitrogens with one attached hydrogen (secondary N) is 2. The number of para-hydroxylation sites is 1. The molecule has 3 N–H and O–H groups in total. The van der Waals surface area contributed by atoms with Crippen LogP contribution in [0.2, 0.25) is 5.02 Å². The zero-order chi connectivity index (χ0) is 17.5. The number of hydrogen-bond donors (Lipinski definition) is 3. The van der Waals surface area contributed by atoms with Gasteiger partial charge in [-0.2, -0.15) is 0 Å². The minimum absolute atomic E-state index is 0.113. The molecule has 0 saturated carbocycles. The maximum absolute atomic E-state index is 12.2. The molecule has 2 aromatic carbocycles. The first kappa shape index (κ1) is 18.3. The molecule has 4 nitrogen and oxygen atoms in total. The van der Waals surface area contributed by atoms with Crippen molar-refractivity contribution in [2.24, 2.45) is 0 Å². The third kappa shape index (κ3) is 4.73. The van der Waals surface area contributed by atoms with Gasteiger partial charge in [0.1, 0.15) is 0 Å². The Bertz CT molecular complexity index is 681. The van der Waals surface area contributed by atoms with Gasteiger partial charge in [0.05, 0.1) is 6.10 Å². The Balaban J connectivity index is 1.99. The predicted octanol–water partition coefficient (Wildman–Crippen LogP) is 4.32. The molecule has 5 heteroatoms. The number of amides is 2. The highest BCUT2D eigenvalue weighted by molar-refractivity contribution is 6.30. The average Bonchev–Trinajstić information content (AvgIpc) is 2.59. The smallest absolute Gasteiger partial charge is 0.319 e. The topological polar surface area (TPSA) is 61.4 Å². The summed E-state index contributed by atoms with van der Waals surface area (Å²) in [4.78, 5) is 12.2. The second-order valence-corrected chi connectivity index (χ2v) is 6.00. The van der Waals surface area contributed by atoms with E-state index >= 15 is 0 Å². The fourth-order valence-corrected chi connectivity index (χ4v) is 2.78. The van der Waals surface area contributed by atoms with Crippen molar-refractivity contribution in [2.45, 2.75) is 32.8 Å². The first-order chi connectivity index (χ1) is 11.5. The quantitative estimate of drug-likeness (QED) is 0.729. The van der Waals surface area contributed by atoms with Crippen LogP contribution in [-0.4, -0.2) is 17.7 Å². The van der Waals surface area contributed by atoms with Gasteiger partial charge >= 0.3 is 6.03 Å². The molecule has 2 amide bonds. The lowest BCUT2D eigenvalue weighted by Gasteiger charge is -2.16. The fraction of sp³-hybridized carbons (Fsp3) is 0.316. The second-order valence-electron chi connectivity index (χ2n) is 5.56. The van der Waals surface area contributed by atoms with E-state index in [0.717, 1.165) is 29.7 Å². The first-order valence-corrected chi connectivity index (χ1v) is 8.52. The molecule has 128 valence electrons. The highest BCUT2D eigenvalue weighted by Crippen LogP contribution is 2.22. The maximum atomic E-state index is 12.2. The molecule has 0 fully saturated rings. The Morgan fingerprint density at radius 3 is 2.33 bits per heavy atom. The van der Waals surface area contributed by atoms with Crippen molar-refractivity contribution in [3.63, 3.8) is 0 Å². The van der Waals surface area contributed by atoms with Crippen molar-refractivity contribution >= 4 is 23.3 Å². The van der Waals surface area contributed by atoms with Crippen LogP contribution in [0.4, 0.5) is 10.5 Å². The van der Waals surface area contributed by atoms with Crippen LogP contribution in [-0.2, 0) is 12.8 Å². The molecule has 0 radical (unpaired) electrons. The Morgan fingerprint density at radius 1 is 1.12 bits per heavy atom. The maximum Gasteiger partial charge on any atom is 0.319 e. The van der Waals surface area contributed by atoms with Crippen molar-refractivity contribution in [3.05, 3.63) is 64.2 Å². The summed E-state index contributed by atoms with van der Waals surface area (Å²) in [6.07, 6.45) is 0.880. The number of aliphatic hydroxyl groups is 1. The van der Waals surface area contributed by atoms with Gasteiger partial charge in [0.25, 0.3) is 0 Å². The Hall–Kier alpha value is -2.04. The summed E-state index contributed by atoms with van der Waals surface area (Å²) in [5.41, 5.74) is 3.73. The van der Waals surface area contributed by atoms with Crippen LogP contribution in [0.3, 0.4) is 0 Å².